The van der Waals surface area contributed by atoms with Crippen LogP contribution in [0.5, 0.6) is 0 Å². The average molecular weight is 319 g/mol. The van der Waals surface area contributed by atoms with Crippen LogP contribution in [-0.4, -0.2) is 58.7 Å². The van der Waals surface area contributed by atoms with Crippen LogP contribution in [-0.2, 0) is 16.1 Å². The zero-order valence-electron chi connectivity index (χ0n) is 13.4. The molecule has 0 spiro atoms. The summed E-state index contributed by atoms with van der Waals surface area (Å²) < 4.78 is 1.65. The molecule has 0 aliphatic carbocycles. The molecule has 2 fully saturated rings. The maximum atomic E-state index is 12.3. The highest BCUT2D eigenvalue weighted by Crippen LogP contribution is 2.16. The molecule has 0 aromatic carbocycles. The number of likely N-dealkylation sites (tertiary alicyclic amines) is 1. The Morgan fingerprint density at radius 3 is 2.96 bits per heavy atom. The lowest BCUT2D eigenvalue weighted by Crippen LogP contribution is -2.47. The van der Waals surface area contributed by atoms with Gasteiger partial charge in [-0.1, -0.05) is 0 Å². The molecule has 0 radical (unpaired) electrons. The van der Waals surface area contributed by atoms with Gasteiger partial charge in [-0.15, -0.1) is 0 Å². The van der Waals surface area contributed by atoms with Crippen molar-refractivity contribution in [1.82, 2.24) is 25.3 Å². The van der Waals surface area contributed by atoms with E-state index in [2.05, 4.69) is 15.7 Å². The van der Waals surface area contributed by atoms with Crippen LogP contribution in [0.25, 0.3) is 0 Å². The summed E-state index contributed by atoms with van der Waals surface area (Å²) in [6.07, 6.45) is 7.52. The molecule has 0 bridgehead atoms. The van der Waals surface area contributed by atoms with E-state index in [4.69, 9.17) is 0 Å². The molecule has 2 amide bonds. The zero-order chi connectivity index (χ0) is 16.1. The van der Waals surface area contributed by atoms with Crippen molar-refractivity contribution >= 4 is 11.8 Å². The van der Waals surface area contributed by atoms with E-state index in [0.717, 1.165) is 45.3 Å². The predicted octanol–water partition coefficient (Wildman–Crippen LogP) is -0.0101. The second-order valence-electron chi connectivity index (χ2n) is 6.45. The fraction of sp³-hybridized carbons (Fsp3) is 0.688. The normalized spacial score (nSPS) is 24.6. The summed E-state index contributed by atoms with van der Waals surface area (Å²) in [4.78, 5) is 26.3. The standard InChI is InChI=1S/C16H25N5O2/c22-15(12-21-9-3-7-19-21)20-8-2-4-13(11-20)10-18-16(23)14-5-1-6-17-14/h3,7,9,13-14,17H,1-2,4-6,8,10-12H2,(H,18,23). The molecule has 1 aromatic heterocycles. The first kappa shape index (κ1) is 16.0. The van der Waals surface area contributed by atoms with Crippen LogP contribution in [0.2, 0.25) is 0 Å². The van der Waals surface area contributed by atoms with E-state index < -0.39 is 0 Å². The number of nitrogens with one attached hydrogen (secondary N) is 2. The number of hydrogen-bond acceptors (Lipinski definition) is 4. The third-order valence-electron chi connectivity index (χ3n) is 4.67. The Labute approximate surface area is 136 Å². The Balaban J connectivity index is 1.44. The summed E-state index contributed by atoms with van der Waals surface area (Å²) in [5.74, 6) is 0.542. The maximum Gasteiger partial charge on any atom is 0.244 e. The van der Waals surface area contributed by atoms with Gasteiger partial charge in [0.15, 0.2) is 0 Å². The second kappa shape index (κ2) is 7.59. The number of amides is 2. The third kappa shape index (κ3) is 4.31. The summed E-state index contributed by atoms with van der Waals surface area (Å²) >= 11 is 0. The number of carbonyl (C=O) groups is 2. The first-order valence-electron chi connectivity index (χ1n) is 8.48. The zero-order valence-corrected chi connectivity index (χ0v) is 13.4. The number of piperidine rings is 1. The topological polar surface area (TPSA) is 79.3 Å². The fourth-order valence-corrected chi connectivity index (χ4v) is 3.37. The van der Waals surface area contributed by atoms with Gasteiger partial charge in [0, 0.05) is 32.0 Å². The van der Waals surface area contributed by atoms with Crippen LogP contribution in [0.1, 0.15) is 25.7 Å². The van der Waals surface area contributed by atoms with Gasteiger partial charge in [0.2, 0.25) is 11.8 Å². The Morgan fingerprint density at radius 2 is 2.22 bits per heavy atom. The van der Waals surface area contributed by atoms with Crippen molar-refractivity contribution in [2.75, 3.05) is 26.2 Å². The van der Waals surface area contributed by atoms with Gasteiger partial charge in [0.1, 0.15) is 6.54 Å². The minimum atomic E-state index is -0.0314. The van der Waals surface area contributed by atoms with Crippen molar-refractivity contribution in [2.45, 2.75) is 38.3 Å². The van der Waals surface area contributed by atoms with Crippen LogP contribution in [0, 0.1) is 5.92 Å². The molecule has 0 saturated carbocycles. The summed E-state index contributed by atoms with van der Waals surface area (Å²) in [7, 11) is 0. The first-order valence-corrected chi connectivity index (χ1v) is 8.48. The smallest absolute Gasteiger partial charge is 0.244 e. The second-order valence-corrected chi connectivity index (χ2v) is 6.45. The van der Waals surface area contributed by atoms with Gasteiger partial charge in [-0.2, -0.15) is 5.10 Å². The van der Waals surface area contributed by atoms with E-state index in [1.54, 1.807) is 17.1 Å². The SMILES string of the molecule is O=C(NCC1CCCN(C(=O)Cn2cccn2)C1)C1CCCN1. The molecule has 126 valence electrons. The Morgan fingerprint density at radius 1 is 1.30 bits per heavy atom. The quantitative estimate of drug-likeness (QED) is 0.800. The Kier molecular flexibility index (Phi) is 5.27. The van der Waals surface area contributed by atoms with Gasteiger partial charge in [-0.05, 0) is 44.2 Å². The monoisotopic (exact) mass is 319 g/mol. The molecule has 2 unspecified atom stereocenters. The average Bonchev–Trinajstić information content (AvgIpc) is 3.26. The molecule has 7 heteroatoms. The third-order valence-corrected chi connectivity index (χ3v) is 4.67. The number of rotatable bonds is 5. The molecule has 2 N–H and O–H groups in total. The van der Waals surface area contributed by atoms with Crippen LogP contribution < -0.4 is 10.6 Å². The van der Waals surface area contributed by atoms with Crippen LogP contribution in [0.4, 0.5) is 0 Å². The van der Waals surface area contributed by atoms with Crippen LogP contribution in [0.3, 0.4) is 0 Å². The highest BCUT2D eigenvalue weighted by atomic mass is 16.2. The van der Waals surface area contributed by atoms with E-state index in [1.807, 2.05) is 11.0 Å². The van der Waals surface area contributed by atoms with Gasteiger partial charge in [-0.25, -0.2) is 0 Å². The van der Waals surface area contributed by atoms with E-state index >= 15 is 0 Å². The summed E-state index contributed by atoms with van der Waals surface area (Å²) in [6.45, 7) is 3.39. The van der Waals surface area contributed by atoms with Crippen molar-refractivity contribution < 1.29 is 9.59 Å². The number of carbonyl (C=O) groups excluding carboxylic acids is 2. The van der Waals surface area contributed by atoms with Crippen molar-refractivity contribution in [3.8, 4) is 0 Å². The molecule has 2 atom stereocenters. The largest absolute Gasteiger partial charge is 0.354 e. The van der Waals surface area contributed by atoms with Crippen molar-refractivity contribution in [2.24, 2.45) is 5.92 Å². The minimum absolute atomic E-state index is 0.0314. The summed E-state index contributed by atoms with van der Waals surface area (Å²) in [6, 6.07) is 1.79. The lowest BCUT2D eigenvalue weighted by atomic mass is 9.97. The molecule has 3 rings (SSSR count). The van der Waals surface area contributed by atoms with Gasteiger partial charge in [0.25, 0.3) is 0 Å². The molecule has 2 aliphatic rings. The first-order chi connectivity index (χ1) is 11.2. The van der Waals surface area contributed by atoms with Crippen molar-refractivity contribution in [3.63, 3.8) is 0 Å². The van der Waals surface area contributed by atoms with E-state index in [-0.39, 0.29) is 24.4 Å². The lowest BCUT2D eigenvalue weighted by molar-refractivity contribution is -0.133. The van der Waals surface area contributed by atoms with Gasteiger partial charge >= 0.3 is 0 Å². The van der Waals surface area contributed by atoms with Gasteiger partial charge in [0.05, 0.1) is 6.04 Å². The summed E-state index contributed by atoms with van der Waals surface area (Å²) in [5.41, 5.74) is 0. The Bertz CT molecular complexity index is 525. The van der Waals surface area contributed by atoms with E-state index in [0.29, 0.717) is 12.5 Å². The lowest BCUT2D eigenvalue weighted by Gasteiger charge is -2.33. The maximum absolute atomic E-state index is 12.3. The van der Waals surface area contributed by atoms with Gasteiger partial charge in [-0.3, -0.25) is 14.3 Å². The molecule has 3 heterocycles. The predicted molar refractivity (Wildman–Crippen MR) is 85.6 cm³/mol. The molecule has 2 saturated heterocycles. The fourth-order valence-electron chi connectivity index (χ4n) is 3.37. The van der Waals surface area contributed by atoms with E-state index in [9.17, 15) is 9.59 Å². The van der Waals surface area contributed by atoms with Gasteiger partial charge < -0.3 is 15.5 Å². The summed E-state index contributed by atoms with van der Waals surface area (Å²) in [5, 5.41) is 10.3. The van der Waals surface area contributed by atoms with Crippen molar-refractivity contribution in [1.29, 1.82) is 0 Å². The molecule has 23 heavy (non-hydrogen) atoms. The molecule has 7 nitrogen and oxygen atoms in total. The minimum Gasteiger partial charge on any atom is -0.354 e. The number of aromatic nitrogens is 2. The molecular weight excluding hydrogens is 294 g/mol. The molecule has 2 aliphatic heterocycles. The van der Waals surface area contributed by atoms with Crippen LogP contribution in [0.15, 0.2) is 18.5 Å². The van der Waals surface area contributed by atoms with Crippen molar-refractivity contribution in [3.05, 3.63) is 18.5 Å². The highest BCUT2D eigenvalue weighted by Gasteiger charge is 2.26. The number of nitrogens with zero attached hydrogens (tertiary/aromatic N) is 3. The number of hydrogen-bond donors (Lipinski definition) is 2. The molecule has 1 aromatic rings. The van der Waals surface area contributed by atoms with Crippen LogP contribution >= 0.6 is 0 Å². The molecular formula is C16H25N5O2. The van der Waals surface area contributed by atoms with E-state index in [1.165, 1.54) is 0 Å². The highest BCUT2D eigenvalue weighted by molar-refractivity contribution is 5.82. The Hall–Kier alpha value is -1.89.